The van der Waals surface area contributed by atoms with Crippen LogP contribution in [0.1, 0.15) is 162 Å². The summed E-state index contributed by atoms with van der Waals surface area (Å²) < 4.78 is 47.5. The molecule has 0 aliphatic heterocycles. The summed E-state index contributed by atoms with van der Waals surface area (Å²) in [5.74, 6) is -0.564. The van der Waals surface area contributed by atoms with Crippen LogP contribution in [-0.4, -0.2) is 92.8 Å². The van der Waals surface area contributed by atoms with Crippen molar-refractivity contribution in [2.45, 2.75) is 186 Å². The summed E-state index contributed by atoms with van der Waals surface area (Å²) in [6.07, 6.45) is 26.1. The van der Waals surface area contributed by atoms with E-state index in [0.717, 1.165) is 44.4 Å². The van der Waals surface area contributed by atoms with Crippen molar-refractivity contribution in [2.75, 3.05) is 26.4 Å². The van der Waals surface area contributed by atoms with Crippen LogP contribution in [0, 0.1) is 5.92 Å². The van der Waals surface area contributed by atoms with Crippen LogP contribution in [-0.2, 0) is 41.8 Å². The summed E-state index contributed by atoms with van der Waals surface area (Å²) in [7, 11) is -9.76. The van der Waals surface area contributed by atoms with Crippen LogP contribution < -0.4 is 0 Å². The van der Waals surface area contributed by atoms with Gasteiger partial charge in [-0.2, -0.15) is 0 Å². The van der Waals surface area contributed by atoms with E-state index in [2.05, 4.69) is 48.0 Å². The topological polar surface area (TPSA) is 236 Å². The molecule has 15 nitrogen and oxygen atoms in total. The van der Waals surface area contributed by atoms with Crippen molar-refractivity contribution in [3.8, 4) is 0 Å². The van der Waals surface area contributed by atoms with Gasteiger partial charge < -0.3 is 39.5 Å². The van der Waals surface area contributed by atoms with E-state index >= 15 is 0 Å². The number of allylic oxidation sites excluding steroid dienone is 5. The number of carbonyl (C=O) groups excluding carboxylic acids is 2. The van der Waals surface area contributed by atoms with E-state index in [1.807, 2.05) is 12.2 Å². The van der Waals surface area contributed by atoms with Gasteiger partial charge in [-0.15, -0.1) is 0 Å². The lowest BCUT2D eigenvalue weighted by molar-refractivity contribution is -0.161. The third-order valence-corrected chi connectivity index (χ3v) is 10.6. The highest BCUT2D eigenvalue weighted by Gasteiger charge is 2.28. The summed E-state index contributed by atoms with van der Waals surface area (Å²) in [4.78, 5) is 52.7. The standard InChI is InChI=1S/C42H78O15P2/c1-4-5-6-7-8-9-10-11-15-18-21-24-28-39(44)40(45)29-26-31-41(46)53-34-38(35-56-59(51,52)55-33-37(43)32-54-58(48,49)50)57-42(47)30-25-22-19-16-13-12-14-17-20-23-27-36(2)3/h8-9,11,15,21,24,36-40,43-45H,4-7,10,12-14,16-20,22-23,25-35H2,1-3H3,(H,51,52)(H2,48,49,50)/b9-8-,15-11-,24-21-/t37-,38+,39?,40?/m0/s1. The van der Waals surface area contributed by atoms with Crippen molar-refractivity contribution in [1.29, 1.82) is 0 Å². The molecular formula is C42H78O15P2. The maximum absolute atomic E-state index is 12.7. The zero-order valence-corrected chi connectivity index (χ0v) is 37.8. The largest absolute Gasteiger partial charge is 0.472 e. The number of hydrogen-bond donors (Lipinski definition) is 6. The first-order valence-electron chi connectivity index (χ1n) is 21.7. The van der Waals surface area contributed by atoms with Gasteiger partial charge in [-0.05, 0) is 57.3 Å². The predicted octanol–water partition coefficient (Wildman–Crippen LogP) is 8.69. The fourth-order valence-corrected chi connectivity index (χ4v) is 6.85. The van der Waals surface area contributed by atoms with Gasteiger partial charge in [0, 0.05) is 12.8 Å². The summed E-state index contributed by atoms with van der Waals surface area (Å²) in [6, 6.07) is 0. The molecule has 6 N–H and O–H groups in total. The molecule has 3 unspecified atom stereocenters. The molecule has 0 rings (SSSR count). The summed E-state index contributed by atoms with van der Waals surface area (Å²) in [5, 5.41) is 30.4. The second-order valence-corrected chi connectivity index (χ2v) is 18.1. The minimum Gasteiger partial charge on any atom is -0.462 e. The normalized spacial score (nSPS) is 15.6. The van der Waals surface area contributed by atoms with E-state index in [-0.39, 0.29) is 32.1 Å². The van der Waals surface area contributed by atoms with E-state index in [9.17, 15) is 38.9 Å². The van der Waals surface area contributed by atoms with Crippen molar-refractivity contribution >= 4 is 27.6 Å². The van der Waals surface area contributed by atoms with E-state index in [1.165, 1.54) is 57.8 Å². The highest BCUT2D eigenvalue weighted by molar-refractivity contribution is 7.47. The Morgan fingerprint density at radius 2 is 1.12 bits per heavy atom. The van der Waals surface area contributed by atoms with Gasteiger partial charge in [0.05, 0.1) is 32.0 Å². The lowest BCUT2D eigenvalue weighted by atomic mass is 10.0. The number of ether oxygens (including phenoxy) is 2. The third-order valence-electron chi connectivity index (χ3n) is 9.15. The smallest absolute Gasteiger partial charge is 0.462 e. The molecule has 0 saturated heterocycles. The molecule has 0 heterocycles. The number of rotatable bonds is 40. The maximum Gasteiger partial charge on any atom is 0.472 e. The maximum atomic E-state index is 12.7. The lowest BCUT2D eigenvalue weighted by Crippen LogP contribution is -2.30. The number of esters is 2. The highest BCUT2D eigenvalue weighted by Crippen LogP contribution is 2.43. The van der Waals surface area contributed by atoms with Crippen LogP contribution in [0.3, 0.4) is 0 Å². The van der Waals surface area contributed by atoms with Crippen molar-refractivity contribution in [2.24, 2.45) is 5.92 Å². The molecule has 0 aromatic heterocycles. The fourth-order valence-electron chi connectivity index (χ4n) is 5.69. The molecule has 0 bridgehead atoms. The Bertz CT molecular complexity index is 1240. The monoisotopic (exact) mass is 884 g/mol. The molecule has 0 aromatic carbocycles. The zero-order chi connectivity index (χ0) is 44.2. The molecule has 0 spiro atoms. The number of carbonyl (C=O) groups is 2. The van der Waals surface area contributed by atoms with Gasteiger partial charge in [-0.1, -0.05) is 134 Å². The van der Waals surface area contributed by atoms with Gasteiger partial charge in [-0.25, -0.2) is 9.13 Å². The average molecular weight is 885 g/mol. The number of phosphoric ester groups is 2. The number of phosphoric acid groups is 2. The third kappa shape index (κ3) is 40.1. The van der Waals surface area contributed by atoms with Crippen LogP contribution >= 0.6 is 15.6 Å². The molecule has 0 aliphatic carbocycles. The summed E-state index contributed by atoms with van der Waals surface area (Å²) in [6.45, 7) is 3.68. The molecule has 0 saturated carbocycles. The van der Waals surface area contributed by atoms with Crippen LogP contribution in [0.25, 0.3) is 0 Å². The molecule has 0 radical (unpaired) electrons. The van der Waals surface area contributed by atoms with Crippen molar-refractivity contribution in [3.63, 3.8) is 0 Å². The van der Waals surface area contributed by atoms with E-state index < -0.39 is 78.4 Å². The Morgan fingerprint density at radius 3 is 1.73 bits per heavy atom. The molecule has 0 fully saturated rings. The molecule has 5 atom stereocenters. The second-order valence-electron chi connectivity index (χ2n) is 15.4. The Hall–Kier alpha value is -1.74. The SMILES string of the molecule is CCCCC/C=C\C/C=C\C/C=C\CC(O)C(O)CCCC(=O)OC[C@H](COP(=O)(O)OC[C@@H](O)COP(=O)(O)O)OC(=O)CCCCCCCCCCCCC(C)C. The molecule has 0 aliphatic rings. The predicted molar refractivity (Wildman–Crippen MR) is 228 cm³/mol. The molecule has 0 aromatic rings. The minimum atomic E-state index is -4.89. The van der Waals surface area contributed by atoms with Gasteiger partial charge >= 0.3 is 27.6 Å². The van der Waals surface area contributed by atoms with Gasteiger partial charge in [0.25, 0.3) is 0 Å². The van der Waals surface area contributed by atoms with Gasteiger partial charge in [0.15, 0.2) is 6.10 Å². The molecule has 0 amide bonds. The first-order chi connectivity index (χ1) is 28.0. The molecule has 59 heavy (non-hydrogen) atoms. The highest BCUT2D eigenvalue weighted by atomic mass is 31.2. The van der Waals surface area contributed by atoms with Crippen molar-refractivity contribution in [3.05, 3.63) is 36.5 Å². The van der Waals surface area contributed by atoms with Crippen molar-refractivity contribution < 1.29 is 71.8 Å². The Morgan fingerprint density at radius 1 is 0.576 bits per heavy atom. The van der Waals surface area contributed by atoms with E-state index in [0.29, 0.717) is 12.8 Å². The summed E-state index contributed by atoms with van der Waals surface area (Å²) in [5.41, 5.74) is 0. The van der Waals surface area contributed by atoms with Gasteiger partial charge in [-0.3, -0.25) is 23.2 Å². The molecule has 346 valence electrons. The first kappa shape index (κ1) is 57.3. The number of hydrogen-bond acceptors (Lipinski definition) is 12. The Balaban J connectivity index is 4.75. The van der Waals surface area contributed by atoms with E-state index in [1.54, 1.807) is 6.08 Å². The molecular weight excluding hydrogens is 806 g/mol. The van der Waals surface area contributed by atoms with Crippen LogP contribution in [0.5, 0.6) is 0 Å². The Kier molecular flexibility index (Phi) is 35.8. The van der Waals surface area contributed by atoms with Crippen LogP contribution in [0.15, 0.2) is 36.5 Å². The van der Waals surface area contributed by atoms with Crippen LogP contribution in [0.2, 0.25) is 0 Å². The average Bonchev–Trinajstić information content (AvgIpc) is 3.17. The van der Waals surface area contributed by atoms with Gasteiger partial charge in [0.2, 0.25) is 0 Å². The lowest BCUT2D eigenvalue weighted by Gasteiger charge is -2.20. The van der Waals surface area contributed by atoms with Gasteiger partial charge in [0.1, 0.15) is 12.7 Å². The zero-order valence-electron chi connectivity index (χ0n) is 36.0. The van der Waals surface area contributed by atoms with Crippen molar-refractivity contribution in [1.82, 2.24) is 0 Å². The molecule has 17 heteroatoms. The Labute approximate surface area is 353 Å². The fraction of sp³-hybridized carbons (Fsp3) is 0.810. The first-order valence-corrected chi connectivity index (χ1v) is 24.7. The van der Waals surface area contributed by atoms with Crippen LogP contribution in [0.4, 0.5) is 0 Å². The number of aliphatic hydroxyl groups is 3. The summed E-state index contributed by atoms with van der Waals surface area (Å²) >= 11 is 0. The quantitative estimate of drug-likeness (QED) is 0.0146. The second kappa shape index (κ2) is 36.9. The number of aliphatic hydroxyl groups excluding tert-OH is 3. The minimum absolute atomic E-state index is 0.0717. The number of unbranched alkanes of at least 4 members (excludes halogenated alkanes) is 12. The van der Waals surface area contributed by atoms with E-state index in [4.69, 9.17) is 23.8 Å².